The molecule has 0 spiro atoms. The molecule has 3 rings (SSSR count). The van der Waals surface area contributed by atoms with E-state index in [1.807, 2.05) is 13.8 Å². The van der Waals surface area contributed by atoms with Crippen LogP contribution in [0.1, 0.15) is 42.1 Å². The van der Waals surface area contributed by atoms with Crippen LogP contribution in [0.5, 0.6) is 0 Å². The van der Waals surface area contributed by atoms with E-state index in [0.29, 0.717) is 16.9 Å². The smallest absolute Gasteiger partial charge is 0.297 e. The minimum atomic E-state index is -2.86. The molecule has 0 unspecified atom stereocenters. The molecule has 1 amide bonds. The third-order valence-electron chi connectivity index (χ3n) is 3.72. The van der Waals surface area contributed by atoms with Crippen LogP contribution in [-0.4, -0.2) is 31.9 Å². The number of nitrogens with zero attached hydrogens (tertiary/aromatic N) is 4. The Bertz CT molecular complexity index is 1010. The van der Waals surface area contributed by atoms with Crippen LogP contribution < -0.4 is 21.7 Å². The van der Waals surface area contributed by atoms with Crippen LogP contribution in [0, 0.1) is 0 Å². The van der Waals surface area contributed by atoms with Crippen molar-refractivity contribution in [2.45, 2.75) is 32.9 Å². The van der Waals surface area contributed by atoms with Crippen molar-refractivity contribution in [1.29, 1.82) is 0 Å². The third kappa shape index (κ3) is 5.37. The highest BCUT2D eigenvalue weighted by Gasteiger charge is 2.16. The molecule has 0 atom stereocenters. The van der Waals surface area contributed by atoms with Gasteiger partial charge in [0.05, 0.1) is 23.5 Å². The highest BCUT2D eigenvalue weighted by Crippen LogP contribution is 2.24. The second-order valence-corrected chi connectivity index (χ2v) is 6.54. The Morgan fingerprint density at radius 1 is 1.20 bits per heavy atom. The number of anilines is 4. The van der Waals surface area contributed by atoms with Crippen LogP contribution in [0.15, 0.2) is 35.4 Å². The van der Waals surface area contributed by atoms with Crippen LogP contribution in [0.2, 0.25) is 0 Å². The number of rotatable bonds is 8. The Morgan fingerprint density at radius 3 is 2.67 bits per heavy atom. The summed E-state index contributed by atoms with van der Waals surface area (Å²) in [7, 11) is 0. The molecule has 3 aromatic rings. The average Bonchev–Trinajstić information content (AvgIpc) is 3.19. The molecule has 0 aromatic carbocycles. The molecule has 0 bridgehead atoms. The lowest BCUT2D eigenvalue weighted by molar-refractivity contribution is 0.0951. The van der Waals surface area contributed by atoms with Crippen molar-refractivity contribution < 1.29 is 18.0 Å². The normalized spacial score (nSPS) is 11.0. The minimum Gasteiger partial charge on any atom is -0.451 e. The lowest BCUT2D eigenvalue weighted by Gasteiger charge is -2.16. The van der Waals surface area contributed by atoms with Gasteiger partial charge in [-0.25, -0.2) is 28.7 Å². The molecule has 0 saturated heterocycles. The van der Waals surface area contributed by atoms with Gasteiger partial charge < -0.3 is 26.1 Å². The fourth-order valence-electron chi connectivity index (χ4n) is 2.50. The molecule has 0 radical (unpaired) electrons. The zero-order valence-electron chi connectivity index (χ0n) is 16.2. The maximum atomic E-state index is 12.9. The highest BCUT2D eigenvalue weighted by molar-refractivity contribution is 5.99. The summed E-state index contributed by atoms with van der Waals surface area (Å²) >= 11 is 0. The number of halogens is 2. The molecule has 0 saturated carbocycles. The summed E-state index contributed by atoms with van der Waals surface area (Å²) in [5.41, 5.74) is 6.93. The number of carbonyl (C=O) groups is 1. The summed E-state index contributed by atoms with van der Waals surface area (Å²) < 4.78 is 30.7. The first-order valence-corrected chi connectivity index (χ1v) is 8.93. The summed E-state index contributed by atoms with van der Waals surface area (Å²) in [5.74, 6) is -0.825. The maximum Gasteiger partial charge on any atom is 0.297 e. The predicted molar refractivity (Wildman–Crippen MR) is 105 cm³/mol. The second-order valence-electron chi connectivity index (χ2n) is 6.54. The third-order valence-corrected chi connectivity index (χ3v) is 3.72. The quantitative estimate of drug-likeness (QED) is 0.434. The van der Waals surface area contributed by atoms with E-state index in [1.54, 1.807) is 6.07 Å². The zero-order valence-corrected chi connectivity index (χ0v) is 16.2. The van der Waals surface area contributed by atoms with Gasteiger partial charge in [-0.3, -0.25) is 4.79 Å². The summed E-state index contributed by atoms with van der Waals surface area (Å²) in [6, 6.07) is 2.90. The molecular weight excluding hydrogens is 398 g/mol. The van der Waals surface area contributed by atoms with Crippen LogP contribution in [0.4, 0.5) is 31.9 Å². The lowest BCUT2D eigenvalue weighted by atomic mass is 10.2. The number of hydrogen-bond donors (Lipinski definition) is 4. The van der Waals surface area contributed by atoms with Crippen molar-refractivity contribution in [2.75, 3.05) is 16.4 Å². The first-order chi connectivity index (χ1) is 14.3. The molecule has 5 N–H and O–H groups in total. The molecule has 12 heteroatoms. The Hall–Kier alpha value is -3.83. The van der Waals surface area contributed by atoms with E-state index in [0.717, 1.165) is 0 Å². The molecule has 3 aromatic heterocycles. The van der Waals surface area contributed by atoms with Crippen LogP contribution >= 0.6 is 0 Å². The van der Waals surface area contributed by atoms with Gasteiger partial charge in [-0.2, -0.15) is 0 Å². The maximum absolute atomic E-state index is 12.9. The Balaban J connectivity index is 1.82. The van der Waals surface area contributed by atoms with E-state index in [1.165, 1.54) is 24.9 Å². The Morgan fingerprint density at radius 2 is 2.00 bits per heavy atom. The average molecular weight is 418 g/mol. The minimum absolute atomic E-state index is 0.0162. The van der Waals surface area contributed by atoms with Gasteiger partial charge in [0.15, 0.2) is 12.2 Å². The molecule has 10 nitrogen and oxygen atoms in total. The van der Waals surface area contributed by atoms with Crippen LogP contribution in [0.3, 0.4) is 0 Å². The van der Waals surface area contributed by atoms with Crippen molar-refractivity contribution in [2.24, 2.45) is 0 Å². The largest absolute Gasteiger partial charge is 0.451 e. The summed E-state index contributed by atoms with van der Waals surface area (Å²) in [4.78, 5) is 27.9. The van der Waals surface area contributed by atoms with E-state index in [4.69, 9.17) is 10.2 Å². The predicted octanol–water partition coefficient (Wildman–Crippen LogP) is 2.87. The van der Waals surface area contributed by atoms with E-state index >= 15 is 0 Å². The number of oxazole rings is 1. The van der Waals surface area contributed by atoms with Gasteiger partial charge in [0.25, 0.3) is 12.3 Å². The van der Waals surface area contributed by atoms with Gasteiger partial charge >= 0.3 is 0 Å². The molecule has 158 valence electrons. The van der Waals surface area contributed by atoms with Crippen molar-refractivity contribution in [3.05, 3.63) is 48.1 Å². The highest BCUT2D eigenvalue weighted by atomic mass is 19.3. The van der Waals surface area contributed by atoms with E-state index < -0.39 is 12.2 Å². The van der Waals surface area contributed by atoms with Gasteiger partial charge in [-0.1, -0.05) is 0 Å². The monoisotopic (exact) mass is 418 g/mol. The van der Waals surface area contributed by atoms with Gasteiger partial charge in [0.2, 0.25) is 0 Å². The molecule has 0 aliphatic rings. The van der Waals surface area contributed by atoms with Crippen molar-refractivity contribution in [1.82, 2.24) is 25.3 Å². The standard InChI is InChI=1S/C18H20F2N8O2/c1-9(2)25-12-3-14(27-15-4-13(21)26-17(28-15)16(19)20)22-6-11(12)18(29)23-5-10-7-30-8-24-10/h3-4,6-9,16H,5H2,1-2H3,(H,23,29)(H4,21,22,25,26,27,28). The Kier molecular flexibility index (Phi) is 6.35. The topological polar surface area (TPSA) is 144 Å². The summed E-state index contributed by atoms with van der Waals surface area (Å²) in [6.45, 7) is 4.00. The van der Waals surface area contributed by atoms with Crippen molar-refractivity contribution >= 4 is 29.0 Å². The molecule has 30 heavy (non-hydrogen) atoms. The number of amides is 1. The number of aromatic nitrogens is 4. The summed E-state index contributed by atoms with van der Waals surface area (Å²) in [5, 5.41) is 8.70. The number of nitrogens with one attached hydrogen (secondary N) is 3. The van der Waals surface area contributed by atoms with Crippen molar-refractivity contribution in [3.63, 3.8) is 0 Å². The molecule has 3 heterocycles. The molecule has 0 aliphatic heterocycles. The number of nitrogen functional groups attached to an aromatic ring is 1. The molecular formula is C18H20F2N8O2. The SMILES string of the molecule is CC(C)Nc1cc(Nc2cc(N)nc(C(F)F)n2)ncc1C(=O)NCc1cocn1. The molecule has 0 aliphatic carbocycles. The van der Waals surface area contributed by atoms with Gasteiger partial charge in [-0.15, -0.1) is 0 Å². The van der Waals surface area contributed by atoms with Gasteiger partial charge in [0, 0.05) is 24.4 Å². The lowest BCUT2D eigenvalue weighted by Crippen LogP contribution is -2.25. The van der Waals surface area contributed by atoms with E-state index in [2.05, 4.69) is 35.9 Å². The fourth-order valence-corrected chi connectivity index (χ4v) is 2.50. The zero-order chi connectivity index (χ0) is 21.7. The number of pyridine rings is 1. The van der Waals surface area contributed by atoms with Gasteiger partial charge in [-0.05, 0) is 13.8 Å². The van der Waals surface area contributed by atoms with Crippen LogP contribution in [-0.2, 0) is 6.54 Å². The van der Waals surface area contributed by atoms with E-state index in [-0.39, 0.29) is 35.9 Å². The van der Waals surface area contributed by atoms with Gasteiger partial charge in [0.1, 0.15) is 23.7 Å². The first kappa shape index (κ1) is 20.9. The Labute approximate surface area is 170 Å². The fraction of sp³-hybridized carbons (Fsp3) is 0.278. The van der Waals surface area contributed by atoms with E-state index in [9.17, 15) is 13.6 Å². The van der Waals surface area contributed by atoms with Crippen molar-refractivity contribution in [3.8, 4) is 0 Å². The number of nitrogens with two attached hydrogens (primary N) is 1. The number of alkyl halides is 2. The first-order valence-electron chi connectivity index (χ1n) is 8.93. The summed E-state index contributed by atoms with van der Waals surface area (Å²) in [6.07, 6.45) is 1.20. The van der Waals surface area contributed by atoms with Crippen LogP contribution in [0.25, 0.3) is 0 Å². The number of hydrogen-bond acceptors (Lipinski definition) is 9. The molecule has 0 fully saturated rings. The number of carbonyl (C=O) groups excluding carboxylic acids is 1. The second kappa shape index (κ2) is 9.11.